The number of nitrogens with one attached hydrogen (secondary N) is 2. The SMILES string of the molecule is C1=C2OCCNC=C2N(C2CCCCO2)N1. The van der Waals surface area contributed by atoms with Gasteiger partial charge in [0, 0.05) is 19.4 Å². The van der Waals surface area contributed by atoms with Gasteiger partial charge in [-0.1, -0.05) is 0 Å². The van der Waals surface area contributed by atoms with Crippen LogP contribution in [0.3, 0.4) is 0 Å². The Bertz CT molecular complexity index is 321. The second kappa shape index (κ2) is 4.25. The summed E-state index contributed by atoms with van der Waals surface area (Å²) in [6, 6.07) is 0. The number of fused-ring (bicyclic) bond motifs is 1. The lowest BCUT2D eigenvalue weighted by Crippen LogP contribution is -2.43. The summed E-state index contributed by atoms with van der Waals surface area (Å²) >= 11 is 0. The van der Waals surface area contributed by atoms with E-state index in [0.717, 1.165) is 31.0 Å². The van der Waals surface area contributed by atoms with Gasteiger partial charge in [0.25, 0.3) is 0 Å². The van der Waals surface area contributed by atoms with Crippen LogP contribution >= 0.6 is 0 Å². The van der Waals surface area contributed by atoms with Gasteiger partial charge in [0.15, 0.2) is 5.76 Å². The standard InChI is InChI=1S/C11H17N3O2/c1-2-5-16-11(3-1)14-9-7-12-4-6-15-10(9)8-13-14/h7-8,11-13H,1-6H2. The predicted molar refractivity (Wildman–Crippen MR) is 58.7 cm³/mol. The highest BCUT2D eigenvalue weighted by atomic mass is 16.5. The van der Waals surface area contributed by atoms with E-state index >= 15 is 0 Å². The van der Waals surface area contributed by atoms with E-state index in [-0.39, 0.29) is 6.23 Å². The molecule has 1 saturated heterocycles. The highest BCUT2D eigenvalue weighted by molar-refractivity contribution is 5.29. The molecule has 0 spiro atoms. The zero-order valence-electron chi connectivity index (χ0n) is 9.24. The predicted octanol–water partition coefficient (Wildman–Crippen LogP) is 0.636. The van der Waals surface area contributed by atoms with Crippen LogP contribution < -0.4 is 10.7 Å². The second-order valence-electron chi connectivity index (χ2n) is 4.16. The molecule has 3 aliphatic rings. The minimum Gasteiger partial charge on any atom is -0.488 e. The van der Waals surface area contributed by atoms with Crippen molar-refractivity contribution in [1.82, 2.24) is 15.8 Å². The highest BCUT2D eigenvalue weighted by Crippen LogP contribution is 2.27. The van der Waals surface area contributed by atoms with Crippen molar-refractivity contribution in [3.8, 4) is 0 Å². The lowest BCUT2D eigenvalue weighted by Gasteiger charge is -2.33. The Labute approximate surface area is 95.0 Å². The molecule has 0 aromatic heterocycles. The maximum atomic E-state index is 5.76. The second-order valence-corrected chi connectivity index (χ2v) is 4.16. The third-order valence-corrected chi connectivity index (χ3v) is 3.03. The van der Waals surface area contributed by atoms with Crippen molar-refractivity contribution < 1.29 is 9.47 Å². The first-order valence-electron chi connectivity index (χ1n) is 5.89. The Balaban J connectivity index is 1.75. The van der Waals surface area contributed by atoms with Crippen molar-refractivity contribution in [3.63, 3.8) is 0 Å². The molecule has 16 heavy (non-hydrogen) atoms. The summed E-state index contributed by atoms with van der Waals surface area (Å²) < 4.78 is 11.4. The van der Waals surface area contributed by atoms with E-state index in [1.165, 1.54) is 12.8 Å². The molecule has 1 unspecified atom stereocenters. The van der Waals surface area contributed by atoms with Gasteiger partial charge in [0.05, 0.1) is 6.20 Å². The Kier molecular flexibility index (Phi) is 2.61. The van der Waals surface area contributed by atoms with Crippen LogP contribution in [0.15, 0.2) is 23.9 Å². The van der Waals surface area contributed by atoms with Crippen LogP contribution in [0.25, 0.3) is 0 Å². The molecular formula is C11H17N3O2. The van der Waals surface area contributed by atoms with Gasteiger partial charge in [0.2, 0.25) is 0 Å². The minimum absolute atomic E-state index is 0.122. The zero-order chi connectivity index (χ0) is 10.8. The molecule has 5 heteroatoms. The highest BCUT2D eigenvalue weighted by Gasteiger charge is 2.30. The van der Waals surface area contributed by atoms with Crippen LogP contribution in [0.1, 0.15) is 19.3 Å². The topological polar surface area (TPSA) is 45.8 Å². The normalized spacial score (nSPS) is 29.0. The van der Waals surface area contributed by atoms with Crippen molar-refractivity contribution in [2.45, 2.75) is 25.5 Å². The van der Waals surface area contributed by atoms with Gasteiger partial charge in [-0.3, -0.25) is 10.4 Å². The summed E-state index contributed by atoms with van der Waals surface area (Å²) in [6.45, 7) is 2.40. The van der Waals surface area contributed by atoms with E-state index in [2.05, 4.69) is 10.7 Å². The van der Waals surface area contributed by atoms with Crippen molar-refractivity contribution in [3.05, 3.63) is 23.9 Å². The van der Waals surface area contributed by atoms with Gasteiger partial charge in [0.1, 0.15) is 18.5 Å². The average Bonchev–Trinajstić information content (AvgIpc) is 2.60. The van der Waals surface area contributed by atoms with Crippen LogP contribution in [-0.4, -0.2) is 31.0 Å². The van der Waals surface area contributed by atoms with E-state index in [0.29, 0.717) is 6.61 Å². The first-order chi connectivity index (χ1) is 7.95. The quantitative estimate of drug-likeness (QED) is 0.683. The van der Waals surface area contributed by atoms with Crippen LogP contribution in [0.4, 0.5) is 0 Å². The van der Waals surface area contributed by atoms with E-state index in [4.69, 9.17) is 9.47 Å². The van der Waals surface area contributed by atoms with Gasteiger partial charge in [-0.15, -0.1) is 0 Å². The summed E-state index contributed by atoms with van der Waals surface area (Å²) in [7, 11) is 0. The number of ether oxygens (including phenoxy) is 2. The maximum absolute atomic E-state index is 5.76. The van der Waals surface area contributed by atoms with Crippen LogP contribution in [0, 0.1) is 0 Å². The lowest BCUT2D eigenvalue weighted by atomic mass is 10.2. The molecule has 5 nitrogen and oxygen atoms in total. The maximum Gasteiger partial charge on any atom is 0.163 e. The van der Waals surface area contributed by atoms with E-state index in [1.54, 1.807) is 0 Å². The molecule has 0 aliphatic carbocycles. The number of nitrogens with zero attached hydrogens (tertiary/aromatic N) is 1. The Morgan fingerprint density at radius 3 is 3.12 bits per heavy atom. The smallest absolute Gasteiger partial charge is 0.163 e. The summed E-state index contributed by atoms with van der Waals surface area (Å²) in [4.78, 5) is 0. The van der Waals surface area contributed by atoms with Gasteiger partial charge in [-0.05, 0) is 19.3 Å². The molecular weight excluding hydrogens is 206 g/mol. The molecule has 1 fully saturated rings. The van der Waals surface area contributed by atoms with Crippen LogP contribution in [0.5, 0.6) is 0 Å². The molecule has 0 aromatic rings. The molecule has 0 saturated carbocycles. The van der Waals surface area contributed by atoms with E-state index in [1.807, 2.05) is 17.4 Å². The first-order valence-corrected chi connectivity index (χ1v) is 5.89. The summed E-state index contributed by atoms with van der Waals surface area (Å²) in [5, 5.41) is 5.27. The molecule has 3 rings (SSSR count). The minimum atomic E-state index is 0.122. The van der Waals surface area contributed by atoms with Crippen LogP contribution in [-0.2, 0) is 9.47 Å². The molecule has 0 radical (unpaired) electrons. The van der Waals surface area contributed by atoms with Gasteiger partial charge >= 0.3 is 0 Å². The number of hydrogen-bond acceptors (Lipinski definition) is 5. The van der Waals surface area contributed by atoms with Crippen molar-refractivity contribution >= 4 is 0 Å². The fraction of sp³-hybridized carbons (Fsp3) is 0.636. The monoisotopic (exact) mass is 223 g/mol. The largest absolute Gasteiger partial charge is 0.488 e. The Morgan fingerprint density at radius 1 is 1.25 bits per heavy atom. The van der Waals surface area contributed by atoms with Crippen molar-refractivity contribution in [2.75, 3.05) is 19.8 Å². The average molecular weight is 223 g/mol. The third-order valence-electron chi connectivity index (χ3n) is 3.03. The molecule has 1 atom stereocenters. The number of rotatable bonds is 1. The molecule has 0 bridgehead atoms. The fourth-order valence-electron chi connectivity index (χ4n) is 2.20. The zero-order valence-corrected chi connectivity index (χ0v) is 9.24. The molecule has 2 N–H and O–H groups in total. The summed E-state index contributed by atoms with van der Waals surface area (Å²) in [5.41, 5.74) is 4.25. The lowest BCUT2D eigenvalue weighted by molar-refractivity contribution is -0.0816. The number of hydrazine groups is 1. The molecule has 3 heterocycles. The van der Waals surface area contributed by atoms with Gasteiger partial charge < -0.3 is 14.8 Å². The van der Waals surface area contributed by atoms with Crippen LogP contribution in [0.2, 0.25) is 0 Å². The Hall–Kier alpha value is -1.36. The third kappa shape index (κ3) is 1.71. The van der Waals surface area contributed by atoms with Gasteiger partial charge in [-0.25, -0.2) is 0 Å². The molecule has 3 aliphatic heterocycles. The molecule has 0 aromatic carbocycles. The van der Waals surface area contributed by atoms with Gasteiger partial charge in [-0.2, -0.15) is 0 Å². The molecule has 0 amide bonds. The summed E-state index contributed by atoms with van der Waals surface area (Å²) in [6.07, 6.45) is 7.47. The number of hydrogen-bond donors (Lipinski definition) is 2. The van der Waals surface area contributed by atoms with Crippen molar-refractivity contribution in [2.24, 2.45) is 0 Å². The summed E-state index contributed by atoms with van der Waals surface area (Å²) in [5.74, 6) is 0.902. The molecule has 88 valence electrons. The Morgan fingerprint density at radius 2 is 2.25 bits per heavy atom. The first kappa shape index (κ1) is 9.84. The van der Waals surface area contributed by atoms with Crippen molar-refractivity contribution in [1.29, 1.82) is 0 Å². The van der Waals surface area contributed by atoms with E-state index < -0.39 is 0 Å². The fourth-order valence-corrected chi connectivity index (χ4v) is 2.20. The van der Waals surface area contributed by atoms with E-state index in [9.17, 15) is 0 Å².